The molecule has 0 saturated carbocycles. The number of benzene rings is 1. The fourth-order valence-electron chi connectivity index (χ4n) is 2.98. The van der Waals surface area contributed by atoms with Crippen molar-refractivity contribution in [1.29, 1.82) is 0 Å². The van der Waals surface area contributed by atoms with E-state index in [1.165, 1.54) is 0 Å². The van der Waals surface area contributed by atoms with Gasteiger partial charge in [0.1, 0.15) is 0 Å². The molecule has 0 heterocycles. The van der Waals surface area contributed by atoms with Crippen molar-refractivity contribution in [3.8, 4) is 0 Å². The Morgan fingerprint density at radius 2 is 1.77 bits per heavy atom. The molecule has 1 aromatic rings. The summed E-state index contributed by atoms with van der Waals surface area (Å²) in [4.78, 5) is 15.2. The number of carbonyl (C=O) groups is 1. The minimum Gasteiger partial charge on any atom is -0.383 e. The van der Waals surface area contributed by atoms with Crippen LogP contribution in [0.3, 0.4) is 0 Å². The van der Waals surface area contributed by atoms with Crippen molar-refractivity contribution in [1.82, 2.24) is 4.90 Å². The maximum Gasteiger partial charge on any atom is 0.183 e. The lowest BCUT2D eigenvalue weighted by Crippen LogP contribution is -2.50. The minimum atomic E-state index is -0.386. The average Bonchev–Trinajstić information content (AvgIpc) is 2.48. The highest BCUT2D eigenvalue weighted by atomic mass is 16.1. The van der Waals surface area contributed by atoms with E-state index < -0.39 is 0 Å². The maximum absolute atomic E-state index is 13.1. The Labute approximate surface area is 136 Å². The van der Waals surface area contributed by atoms with Gasteiger partial charge in [0, 0.05) is 17.3 Å². The van der Waals surface area contributed by atoms with Crippen LogP contribution in [0.2, 0.25) is 0 Å². The van der Waals surface area contributed by atoms with Crippen molar-refractivity contribution in [2.45, 2.75) is 65.0 Å². The van der Waals surface area contributed by atoms with Gasteiger partial charge in [-0.25, -0.2) is 0 Å². The predicted octanol–water partition coefficient (Wildman–Crippen LogP) is 4.59. The molecule has 0 radical (unpaired) electrons. The van der Waals surface area contributed by atoms with Gasteiger partial charge in [0.25, 0.3) is 0 Å². The Bertz CT molecular complexity index is 465. The molecule has 1 N–H and O–H groups in total. The second kappa shape index (κ2) is 8.33. The first-order valence-corrected chi connectivity index (χ1v) is 8.46. The van der Waals surface area contributed by atoms with Crippen molar-refractivity contribution in [3.63, 3.8) is 0 Å². The minimum absolute atomic E-state index is 0.240. The Balaban J connectivity index is 3.03. The molecule has 0 aliphatic heterocycles. The molecule has 1 rings (SSSR count). The van der Waals surface area contributed by atoms with Gasteiger partial charge in [0.05, 0.1) is 5.54 Å². The Hall–Kier alpha value is -1.35. The Morgan fingerprint density at radius 3 is 2.18 bits per heavy atom. The largest absolute Gasteiger partial charge is 0.383 e. The Kier molecular flexibility index (Phi) is 7.08. The van der Waals surface area contributed by atoms with Crippen molar-refractivity contribution in [2.24, 2.45) is 0 Å². The van der Waals surface area contributed by atoms with E-state index in [1.54, 1.807) is 0 Å². The molecule has 0 amide bonds. The second-order valence-electron chi connectivity index (χ2n) is 6.59. The summed E-state index contributed by atoms with van der Waals surface area (Å²) in [5.41, 5.74) is 1.48. The lowest BCUT2D eigenvalue weighted by Gasteiger charge is -2.38. The molecule has 0 fully saturated rings. The smallest absolute Gasteiger partial charge is 0.183 e. The van der Waals surface area contributed by atoms with E-state index in [-0.39, 0.29) is 11.3 Å². The summed E-state index contributed by atoms with van der Waals surface area (Å²) in [7, 11) is 4.04. The molecule has 0 aromatic heterocycles. The van der Waals surface area contributed by atoms with E-state index in [1.807, 2.05) is 38.4 Å². The van der Waals surface area contributed by atoms with E-state index in [2.05, 4.69) is 37.9 Å². The van der Waals surface area contributed by atoms with Gasteiger partial charge in [-0.3, -0.25) is 9.69 Å². The molecule has 0 spiro atoms. The van der Waals surface area contributed by atoms with Gasteiger partial charge >= 0.3 is 0 Å². The van der Waals surface area contributed by atoms with E-state index in [4.69, 9.17) is 0 Å². The summed E-state index contributed by atoms with van der Waals surface area (Å²) in [5.74, 6) is 0.240. The number of Topliss-reactive ketones (excluding diaryl/α,β-unsaturated/α-hetero) is 1. The molecule has 3 heteroatoms. The molecule has 0 bridgehead atoms. The fourth-order valence-corrected chi connectivity index (χ4v) is 2.98. The molecule has 22 heavy (non-hydrogen) atoms. The van der Waals surface area contributed by atoms with Crippen molar-refractivity contribution in [2.75, 3.05) is 19.4 Å². The third kappa shape index (κ3) is 4.33. The summed E-state index contributed by atoms with van der Waals surface area (Å²) in [6.45, 7) is 8.51. The van der Waals surface area contributed by atoms with Gasteiger partial charge in [-0.05, 0) is 65.0 Å². The first-order chi connectivity index (χ1) is 10.4. The van der Waals surface area contributed by atoms with Crippen molar-refractivity contribution < 1.29 is 4.79 Å². The summed E-state index contributed by atoms with van der Waals surface area (Å²) in [6, 6.07) is 8.30. The number of unbranched alkanes of at least 4 members (excludes halogenated alkanes) is 1. The normalized spacial score (nSPS) is 14.2. The highest BCUT2D eigenvalue weighted by molar-refractivity contribution is 6.03. The summed E-state index contributed by atoms with van der Waals surface area (Å²) in [6.07, 6.45) is 3.94. The quantitative estimate of drug-likeness (QED) is 0.677. The fraction of sp³-hybridized carbons (Fsp3) is 0.632. The molecule has 3 nitrogen and oxygen atoms in total. The number of likely N-dealkylation sites (N-methyl/N-ethyl adjacent to an activating group) is 1. The zero-order valence-corrected chi connectivity index (χ0v) is 15.1. The molecular formula is C19H32N2O. The van der Waals surface area contributed by atoms with Crippen LogP contribution in [0.15, 0.2) is 24.3 Å². The number of hydrogen-bond donors (Lipinski definition) is 1. The monoisotopic (exact) mass is 304 g/mol. The summed E-state index contributed by atoms with van der Waals surface area (Å²) >= 11 is 0. The number of nitrogens with one attached hydrogen (secondary N) is 1. The average molecular weight is 304 g/mol. The number of ketones is 1. The van der Waals surface area contributed by atoms with Crippen LogP contribution in [0, 0.1) is 0 Å². The molecule has 0 saturated heterocycles. The third-order valence-corrected chi connectivity index (χ3v) is 4.41. The van der Waals surface area contributed by atoms with E-state index in [0.717, 1.165) is 36.9 Å². The molecular weight excluding hydrogens is 272 g/mol. The van der Waals surface area contributed by atoms with Gasteiger partial charge in [-0.1, -0.05) is 26.7 Å². The number of nitrogens with zero attached hydrogens (tertiary/aromatic N) is 1. The number of hydrogen-bond acceptors (Lipinski definition) is 3. The zero-order chi connectivity index (χ0) is 16.8. The molecule has 124 valence electrons. The predicted molar refractivity (Wildman–Crippen MR) is 95.8 cm³/mol. The third-order valence-electron chi connectivity index (χ3n) is 4.41. The lowest BCUT2D eigenvalue weighted by molar-refractivity contribution is 0.0636. The van der Waals surface area contributed by atoms with Gasteiger partial charge in [-0.2, -0.15) is 0 Å². The standard InChI is InChI=1S/C19H32N2O/c1-7-9-14-19(8-2,21(5)6)18(22)16-10-12-17(13-11-16)20-15(3)4/h10-13,15,20H,7-9,14H2,1-6H3. The van der Waals surface area contributed by atoms with Gasteiger partial charge < -0.3 is 5.32 Å². The van der Waals surface area contributed by atoms with Crippen LogP contribution >= 0.6 is 0 Å². The van der Waals surface area contributed by atoms with Crippen LogP contribution in [0.1, 0.15) is 63.7 Å². The van der Waals surface area contributed by atoms with Crippen LogP contribution in [-0.2, 0) is 0 Å². The highest BCUT2D eigenvalue weighted by Gasteiger charge is 2.38. The second-order valence-corrected chi connectivity index (χ2v) is 6.59. The topological polar surface area (TPSA) is 32.3 Å². The SMILES string of the molecule is CCCCC(CC)(C(=O)c1ccc(NC(C)C)cc1)N(C)C. The van der Waals surface area contributed by atoms with Crippen LogP contribution in [-0.4, -0.2) is 36.4 Å². The van der Waals surface area contributed by atoms with Crippen LogP contribution in [0.4, 0.5) is 5.69 Å². The van der Waals surface area contributed by atoms with Crippen molar-refractivity contribution >= 4 is 11.5 Å². The van der Waals surface area contributed by atoms with E-state index in [0.29, 0.717) is 6.04 Å². The molecule has 1 aromatic carbocycles. The van der Waals surface area contributed by atoms with Crippen LogP contribution < -0.4 is 5.32 Å². The first kappa shape index (κ1) is 18.7. The molecule has 1 unspecified atom stereocenters. The molecule has 0 aliphatic carbocycles. The van der Waals surface area contributed by atoms with E-state index >= 15 is 0 Å². The first-order valence-electron chi connectivity index (χ1n) is 8.46. The summed E-state index contributed by atoms with van der Waals surface area (Å²) < 4.78 is 0. The number of anilines is 1. The highest BCUT2D eigenvalue weighted by Crippen LogP contribution is 2.29. The zero-order valence-electron chi connectivity index (χ0n) is 15.1. The van der Waals surface area contributed by atoms with Gasteiger partial charge in [0.15, 0.2) is 5.78 Å². The Morgan fingerprint density at radius 1 is 1.18 bits per heavy atom. The van der Waals surface area contributed by atoms with Gasteiger partial charge in [0.2, 0.25) is 0 Å². The summed E-state index contributed by atoms with van der Waals surface area (Å²) in [5, 5.41) is 3.36. The number of carbonyl (C=O) groups excluding carboxylic acids is 1. The van der Waals surface area contributed by atoms with Crippen LogP contribution in [0.25, 0.3) is 0 Å². The molecule has 0 aliphatic rings. The molecule has 1 atom stereocenters. The van der Waals surface area contributed by atoms with E-state index in [9.17, 15) is 4.79 Å². The van der Waals surface area contributed by atoms with Crippen LogP contribution in [0.5, 0.6) is 0 Å². The van der Waals surface area contributed by atoms with Gasteiger partial charge in [-0.15, -0.1) is 0 Å². The lowest BCUT2D eigenvalue weighted by atomic mass is 9.81. The maximum atomic E-state index is 13.1. The number of rotatable bonds is 9. The van der Waals surface area contributed by atoms with Crippen molar-refractivity contribution in [3.05, 3.63) is 29.8 Å².